The topological polar surface area (TPSA) is 94.8 Å². The molecule has 24 heavy (non-hydrogen) atoms. The standard InChI is InChI=1S/C17H19NO6/c1-5-14(19)22-11-7-6-10-8-13(23-15(20)12(10)9-11)18-16(21)24-17(2,3)4/h6-9H,5H2,1-4H3,(H,18,21). The fourth-order valence-corrected chi connectivity index (χ4v) is 1.90. The Morgan fingerprint density at radius 2 is 1.92 bits per heavy atom. The van der Waals surface area contributed by atoms with Crippen molar-refractivity contribution in [3.63, 3.8) is 0 Å². The lowest BCUT2D eigenvalue weighted by Crippen LogP contribution is -2.27. The summed E-state index contributed by atoms with van der Waals surface area (Å²) >= 11 is 0. The van der Waals surface area contributed by atoms with Gasteiger partial charge in [0.1, 0.15) is 11.4 Å². The smallest absolute Gasteiger partial charge is 0.414 e. The van der Waals surface area contributed by atoms with Crippen LogP contribution in [0, 0.1) is 0 Å². The second-order valence-electron chi connectivity index (χ2n) is 6.10. The maximum atomic E-state index is 12.1. The number of fused-ring (bicyclic) bond motifs is 1. The van der Waals surface area contributed by atoms with Crippen LogP contribution in [0.5, 0.6) is 5.75 Å². The van der Waals surface area contributed by atoms with Gasteiger partial charge in [-0.2, -0.15) is 0 Å². The minimum absolute atomic E-state index is 0.0277. The van der Waals surface area contributed by atoms with Crippen LogP contribution >= 0.6 is 0 Å². The third-order valence-corrected chi connectivity index (χ3v) is 2.88. The zero-order chi connectivity index (χ0) is 17.9. The molecule has 0 aliphatic heterocycles. The second-order valence-corrected chi connectivity index (χ2v) is 6.10. The predicted molar refractivity (Wildman–Crippen MR) is 88.3 cm³/mol. The number of nitrogens with one attached hydrogen (secondary N) is 1. The third kappa shape index (κ3) is 4.58. The molecular weight excluding hydrogens is 314 g/mol. The summed E-state index contributed by atoms with van der Waals surface area (Å²) in [4.78, 5) is 35.1. The molecule has 1 amide bonds. The van der Waals surface area contributed by atoms with Crippen molar-refractivity contribution in [2.24, 2.45) is 0 Å². The Labute approximate surface area is 138 Å². The van der Waals surface area contributed by atoms with Crippen LogP contribution < -0.4 is 15.7 Å². The number of amides is 1. The molecule has 0 spiro atoms. The first kappa shape index (κ1) is 17.5. The average molecular weight is 333 g/mol. The highest BCUT2D eigenvalue weighted by Gasteiger charge is 2.17. The molecule has 0 fully saturated rings. The molecule has 0 atom stereocenters. The van der Waals surface area contributed by atoms with Gasteiger partial charge in [-0.25, -0.2) is 9.59 Å². The van der Waals surface area contributed by atoms with Crippen LogP contribution in [0.3, 0.4) is 0 Å². The van der Waals surface area contributed by atoms with Crippen molar-refractivity contribution in [2.45, 2.75) is 39.7 Å². The van der Waals surface area contributed by atoms with Crippen LogP contribution in [0.2, 0.25) is 0 Å². The van der Waals surface area contributed by atoms with E-state index in [1.807, 2.05) is 0 Å². The zero-order valence-corrected chi connectivity index (χ0v) is 14.0. The summed E-state index contributed by atoms with van der Waals surface area (Å²) in [5.41, 5.74) is -1.33. The molecule has 0 unspecified atom stereocenters. The van der Waals surface area contributed by atoms with E-state index in [2.05, 4.69) is 5.32 Å². The number of carbonyl (C=O) groups is 2. The normalized spacial score (nSPS) is 11.2. The molecule has 0 saturated carbocycles. The Kier molecular flexibility index (Phi) is 4.92. The summed E-state index contributed by atoms with van der Waals surface area (Å²) in [5, 5.41) is 3.15. The van der Waals surface area contributed by atoms with Crippen molar-refractivity contribution >= 4 is 28.7 Å². The Bertz CT molecular complexity index is 831. The molecule has 2 rings (SSSR count). The molecule has 7 heteroatoms. The van der Waals surface area contributed by atoms with Crippen LogP contribution in [0.4, 0.5) is 10.7 Å². The van der Waals surface area contributed by atoms with Gasteiger partial charge in [-0.1, -0.05) is 13.0 Å². The summed E-state index contributed by atoms with van der Waals surface area (Å²) in [6.07, 6.45) is -0.496. The summed E-state index contributed by atoms with van der Waals surface area (Å²) in [7, 11) is 0. The van der Waals surface area contributed by atoms with Gasteiger partial charge in [0, 0.05) is 12.5 Å². The quantitative estimate of drug-likeness (QED) is 0.683. The van der Waals surface area contributed by atoms with E-state index in [1.54, 1.807) is 39.8 Å². The number of hydrogen-bond acceptors (Lipinski definition) is 6. The average Bonchev–Trinajstić information content (AvgIpc) is 2.45. The number of anilines is 1. The number of esters is 1. The van der Waals surface area contributed by atoms with Gasteiger partial charge in [0.2, 0.25) is 5.88 Å². The lowest BCUT2D eigenvalue weighted by molar-refractivity contribution is -0.134. The molecule has 1 heterocycles. The van der Waals surface area contributed by atoms with Crippen molar-refractivity contribution in [1.82, 2.24) is 0 Å². The van der Waals surface area contributed by atoms with Crippen molar-refractivity contribution in [1.29, 1.82) is 0 Å². The molecule has 0 radical (unpaired) electrons. The molecule has 2 aromatic rings. The van der Waals surface area contributed by atoms with Crippen molar-refractivity contribution in [3.05, 3.63) is 34.7 Å². The van der Waals surface area contributed by atoms with Crippen molar-refractivity contribution in [2.75, 3.05) is 5.32 Å². The highest BCUT2D eigenvalue weighted by Crippen LogP contribution is 2.22. The number of hydrogen-bond donors (Lipinski definition) is 1. The lowest BCUT2D eigenvalue weighted by atomic mass is 10.2. The molecular formula is C17H19NO6. The first-order chi connectivity index (χ1) is 11.2. The number of rotatable bonds is 3. The van der Waals surface area contributed by atoms with E-state index in [4.69, 9.17) is 13.9 Å². The van der Waals surface area contributed by atoms with Gasteiger partial charge in [-0.05, 0) is 38.3 Å². The van der Waals surface area contributed by atoms with Crippen LogP contribution in [0.1, 0.15) is 34.1 Å². The fraction of sp³-hybridized carbons (Fsp3) is 0.353. The van der Waals surface area contributed by atoms with E-state index in [1.165, 1.54) is 12.1 Å². The van der Waals surface area contributed by atoms with Gasteiger partial charge < -0.3 is 13.9 Å². The third-order valence-electron chi connectivity index (χ3n) is 2.88. The first-order valence-corrected chi connectivity index (χ1v) is 7.46. The minimum atomic E-state index is -0.724. The minimum Gasteiger partial charge on any atom is -0.444 e. The fourth-order valence-electron chi connectivity index (χ4n) is 1.90. The van der Waals surface area contributed by atoms with Gasteiger partial charge in [0.25, 0.3) is 0 Å². The highest BCUT2D eigenvalue weighted by atomic mass is 16.6. The van der Waals surface area contributed by atoms with Crippen LogP contribution in [0.25, 0.3) is 10.8 Å². The Morgan fingerprint density at radius 3 is 2.54 bits per heavy atom. The Morgan fingerprint density at radius 1 is 1.21 bits per heavy atom. The summed E-state index contributed by atoms with van der Waals surface area (Å²) in [5.74, 6) is -0.170. The zero-order valence-electron chi connectivity index (χ0n) is 14.0. The van der Waals surface area contributed by atoms with Gasteiger partial charge in [-0.15, -0.1) is 0 Å². The first-order valence-electron chi connectivity index (χ1n) is 7.46. The molecule has 1 aromatic heterocycles. The number of benzene rings is 1. The molecule has 0 saturated heterocycles. The molecule has 0 bridgehead atoms. The maximum Gasteiger partial charge on any atom is 0.414 e. The maximum absolute atomic E-state index is 12.1. The Balaban J connectivity index is 2.27. The predicted octanol–water partition coefficient (Wildman–Crippen LogP) is 3.46. The van der Waals surface area contributed by atoms with Crippen molar-refractivity contribution < 1.29 is 23.5 Å². The van der Waals surface area contributed by atoms with Gasteiger partial charge in [-0.3, -0.25) is 10.1 Å². The summed E-state index contributed by atoms with van der Waals surface area (Å²) in [6, 6.07) is 6.08. The van der Waals surface area contributed by atoms with E-state index in [9.17, 15) is 14.4 Å². The largest absolute Gasteiger partial charge is 0.444 e. The molecule has 0 aliphatic rings. The monoisotopic (exact) mass is 333 g/mol. The van der Waals surface area contributed by atoms with Gasteiger partial charge in [0.15, 0.2) is 0 Å². The molecule has 128 valence electrons. The summed E-state index contributed by atoms with van der Waals surface area (Å²) in [6.45, 7) is 6.85. The van der Waals surface area contributed by atoms with Gasteiger partial charge >= 0.3 is 17.7 Å². The molecule has 1 aromatic carbocycles. The lowest BCUT2D eigenvalue weighted by Gasteiger charge is -2.19. The van der Waals surface area contributed by atoms with Crippen molar-refractivity contribution in [3.8, 4) is 5.75 Å². The van der Waals surface area contributed by atoms with E-state index in [-0.39, 0.29) is 23.4 Å². The van der Waals surface area contributed by atoms with Crippen LogP contribution in [-0.2, 0) is 9.53 Å². The summed E-state index contributed by atoms with van der Waals surface area (Å²) < 4.78 is 15.2. The van der Waals surface area contributed by atoms with E-state index < -0.39 is 23.3 Å². The molecule has 0 aliphatic carbocycles. The van der Waals surface area contributed by atoms with E-state index in [0.29, 0.717) is 5.39 Å². The highest BCUT2D eigenvalue weighted by molar-refractivity contribution is 5.89. The van der Waals surface area contributed by atoms with E-state index in [0.717, 1.165) is 0 Å². The molecule has 7 nitrogen and oxygen atoms in total. The SMILES string of the molecule is CCC(=O)Oc1ccc2cc(NC(=O)OC(C)(C)C)oc(=O)c2c1. The second kappa shape index (κ2) is 6.74. The van der Waals surface area contributed by atoms with E-state index >= 15 is 0 Å². The van der Waals surface area contributed by atoms with Gasteiger partial charge in [0.05, 0.1) is 5.39 Å². The molecule has 1 N–H and O–H groups in total. The number of carbonyl (C=O) groups excluding carboxylic acids is 2. The Hall–Kier alpha value is -2.83. The van der Waals surface area contributed by atoms with Crippen LogP contribution in [0.15, 0.2) is 33.5 Å². The number of ether oxygens (including phenoxy) is 2. The van der Waals surface area contributed by atoms with Crippen LogP contribution in [-0.4, -0.2) is 17.7 Å².